The van der Waals surface area contributed by atoms with Gasteiger partial charge in [-0.25, -0.2) is 9.59 Å². The van der Waals surface area contributed by atoms with Crippen LogP contribution in [-0.2, 0) is 16.1 Å². The molecule has 0 saturated heterocycles. The predicted octanol–water partition coefficient (Wildman–Crippen LogP) is 0.701. The number of aliphatic hydroxyl groups is 1. The molecule has 0 aromatic heterocycles. The summed E-state index contributed by atoms with van der Waals surface area (Å²) < 4.78 is 4.94. The van der Waals surface area contributed by atoms with Gasteiger partial charge in [-0.2, -0.15) is 0 Å². The third kappa shape index (κ3) is 3.74. The lowest BCUT2D eigenvalue weighted by Crippen LogP contribution is -2.44. The van der Waals surface area contributed by atoms with Crippen LogP contribution in [0.15, 0.2) is 30.3 Å². The molecule has 98 valence electrons. The maximum atomic E-state index is 11.6. The van der Waals surface area contributed by atoms with Gasteiger partial charge >= 0.3 is 12.1 Å². The van der Waals surface area contributed by atoms with Gasteiger partial charge in [0.1, 0.15) is 6.61 Å². The third-order valence-corrected chi connectivity index (χ3v) is 2.42. The molecule has 1 aromatic carbocycles. The largest absolute Gasteiger partial charge is 0.480 e. The molecule has 0 aliphatic carbocycles. The minimum absolute atomic E-state index is 0.0573. The zero-order valence-corrected chi connectivity index (χ0v) is 9.94. The van der Waals surface area contributed by atoms with Crippen LogP contribution in [0.5, 0.6) is 0 Å². The third-order valence-electron chi connectivity index (χ3n) is 2.42. The quantitative estimate of drug-likeness (QED) is 0.806. The molecule has 6 nitrogen and oxygen atoms in total. The number of carbonyl (C=O) groups is 2. The Morgan fingerprint density at radius 3 is 2.44 bits per heavy atom. The number of hydrogen-bond acceptors (Lipinski definition) is 4. The van der Waals surface area contributed by atoms with Crippen molar-refractivity contribution in [3.63, 3.8) is 0 Å². The molecule has 0 unspecified atom stereocenters. The second-order valence-electron chi connectivity index (χ2n) is 3.69. The van der Waals surface area contributed by atoms with Crippen LogP contribution in [0, 0.1) is 0 Å². The zero-order valence-electron chi connectivity index (χ0n) is 9.94. The van der Waals surface area contributed by atoms with E-state index in [2.05, 4.69) is 0 Å². The number of hydrogen-bond donors (Lipinski definition) is 2. The van der Waals surface area contributed by atoms with E-state index in [1.807, 2.05) is 6.07 Å². The molecule has 18 heavy (non-hydrogen) atoms. The van der Waals surface area contributed by atoms with Crippen molar-refractivity contribution in [3.05, 3.63) is 35.9 Å². The summed E-state index contributed by atoms with van der Waals surface area (Å²) in [6, 6.07) is 7.72. The fourth-order valence-electron chi connectivity index (χ4n) is 1.31. The van der Waals surface area contributed by atoms with Crippen LogP contribution in [0.2, 0.25) is 0 Å². The van der Waals surface area contributed by atoms with Crippen molar-refractivity contribution in [1.82, 2.24) is 4.90 Å². The average molecular weight is 253 g/mol. The van der Waals surface area contributed by atoms with Crippen LogP contribution in [0.4, 0.5) is 4.79 Å². The fraction of sp³-hybridized carbons (Fsp3) is 0.333. The minimum atomic E-state index is -1.30. The monoisotopic (exact) mass is 253 g/mol. The Hall–Kier alpha value is -2.08. The first-order valence-corrected chi connectivity index (χ1v) is 5.33. The molecular formula is C12H15NO5. The van der Waals surface area contributed by atoms with Gasteiger partial charge in [0.25, 0.3) is 0 Å². The summed E-state index contributed by atoms with van der Waals surface area (Å²) in [5.74, 6) is -1.28. The van der Waals surface area contributed by atoms with E-state index in [-0.39, 0.29) is 6.61 Å². The standard InChI is InChI=1S/C12H15NO5/c1-13(10(7-14)11(15)16)12(17)18-8-9-5-3-2-4-6-9/h2-6,10,14H,7-8H2,1H3,(H,15,16)/t10-/m1/s1. The van der Waals surface area contributed by atoms with Crippen LogP contribution < -0.4 is 0 Å². The van der Waals surface area contributed by atoms with Crippen LogP contribution in [-0.4, -0.2) is 46.9 Å². The molecule has 1 rings (SSSR count). The van der Waals surface area contributed by atoms with Gasteiger partial charge in [0.15, 0.2) is 6.04 Å². The highest BCUT2D eigenvalue weighted by molar-refractivity contribution is 5.79. The first kappa shape index (κ1) is 14.0. The highest BCUT2D eigenvalue weighted by atomic mass is 16.6. The number of likely N-dealkylation sites (N-methyl/N-ethyl adjacent to an activating group) is 1. The highest BCUT2D eigenvalue weighted by Crippen LogP contribution is 2.04. The van der Waals surface area contributed by atoms with Gasteiger partial charge in [-0.05, 0) is 5.56 Å². The van der Waals surface area contributed by atoms with Gasteiger partial charge in [-0.1, -0.05) is 30.3 Å². The van der Waals surface area contributed by atoms with Crippen molar-refractivity contribution in [2.45, 2.75) is 12.6 Å². The summed E-state index contributed by atoms with van der Waals surface area (Å²) in [6.45, 7) is -0.603. The second-order valence-corrected chi connectivity index (χ2v) is 3.69. The Morgan fingerprint density at radius 1 is 1.33 bits per heavy atom. The molecule has 0 radical (unpaired) electrons. The first-order valence-electron chi connectivity index (χ1n) is 5.33. The molecular weight excluding hydrogens is 238 g/mol. The van der Waals surface area contributed by atoms with E-state index < -0.39 is 24.7 Å². The number of benzene rings is 1. The predicted molar refractivity (Wildman–Crippen MR) is 62.9 cm³/mol. The number of nitrogens with zero attached hydrogens (tertiary/aromatic N) is 1. The SMILES string of the molecule is CN(C(=O)OCc1ccccc1)[C@H](CO)C(=O)O. The first-order chi connectivity index (χ1) is 8.56. The lowest BCUT2D eigenvalue weighted by molar-refractivity contribution is -0.143. The van der Waals surface area contributed by atoms with Gasteiger partial charge < -0.3 is 14.9 Å². The Labute approximate surface area is 104 Å². The van der Waals surface area contributed by atoms with Crippen LogP contribution in [0.25, 0.3) is 0 Å². The lowest BCUT2D eigenvalue weighted by Gasteiger charge is -2.22. The van der Waals surface area contributed by atoms with Crippen molar-refractivity contribution in [2.24, 2.45) is 0 Å². The van der Waals surface area contributed by atoms with Gasteiger partial charge in [0.05, 0.1) is 6.61 Å². The van der Waals surface area contributed by atoms with Gasteiger partial charge in [-0.3, -0.25) is 4.90 Å². The van der Waals surface area contributed by atoms with E-state index in [0.29, 0.717) is 0 Å². The van der Waals surface area contributed by atoms with Gasteiger partial charge in [0, 0.05) is 7.05 Å². The van der Waals surface area contributed by atoms with Crippen LogP contribution >= 0.6 is 0 Å². The van der Waals surface area contributed by atoms with E-state index in [9.17, 15) is 9.59 Å². The lowest BCUT2D eigenvalue weighted by atomic mass is 10.2. The molecule has 1 aromatic rings. The number of rotatable bonds is 5. The molecule has 0 fully saturated rings. The van der Waals surface area contributed by atoms with Crippen LogP contribution in [0.1, 0.15) is 5.56 Å². The number of carbonyl (C=O) groups excluding carboxylic acids is 1. The molecule has 0 aliphatic rings. The van der Waals surface area contributed by atoms with Crippen molar-refractivity contribution in [3.8, 4) is 0 Å². The van der Waals surface area contributed by atoms with E-state index in [1.165, 1.54) is 7.05 Å². The van der Waals surface area contributed by atoms with E-state index in [4.69, 9.17) is 14.9 Å². The number of aliphatic hydroxyl groups excluding tert-OH is 1. The molecule has 6 heteroatoms. The average Bonchev–Trinajstić information content (AvgIpc) is 2.37. The molecule has 0 spiro atoms. The summed E-state index contributed by atoms with van der Waals surface area (Å²) >= 11 is 0. The molecule has 1 amide bonds. The Bertz CT molecular complexity index is 406. The van der Waals surface area contributed by atoms with E-state index >= 15 is 0 Å². The topological polar surface area (TPSA) is 87.1 Å². The molecule has 0 saturated carbocycles. The van der Waals surface area contributed by atoms with Crippen molar-refractivity contribution >= 4 is 12.1 Å². The Kier molecular flexibility index (Phi) is 5.13. The number of carboxylic acid groups (broad SMARTS) is 1. The summed E-state index contributed by atoms with van der Waals surface area (Å²) in [6.07, 6.45) is -0.791. The summed E-state index contributed by atoms with van der Waals surface area (Å²) in [4.78, 5) is 23.1. The Morgan fingerprint density at radius 2 is 1.94 bits per heavy atom. The number of aliphatic carboxylic acids is 1. The summed E-state index contributed by atoms with van der Waals surface area (Å²) in [5, 5.41) is 17.6. The second kappa shape index (κ2) is 6.61. The maximum Gasteiger partial charge on any atom is 0.410 e. The number of carboxylic acids is 1. The van der Waals surface area contributed by atoms with E-state index in [0.717, 1.165) is 10.5 Å². The maximum absolute atomic E-state index is 11.6. The molecule has 0 aliphatic heterocycles. The summed E-state index contributed by atoms with van der Waals surface area (Å²) in [5.41, 5.74) is 0.801. The summed E-state index contributed by atoms with van der Waals surface area (Å²) in [7, 11) is 1.27. The zero-order chi connectivity index (χ0) is 13.5. The number of ether oxygens (including phenoxy) is 1. The molecule has 1 atom stereocenters. The highest BCUT2D eigenvalue weighted by Gasteiger charge is 2.26. The minimum Gasteiger partial charge on any atom is -0.480 e. The van der Waals surface area contributed by atoms with Crippen LogP contribution in [0.3, 0.4) is 0 Å². The smallest absolute Gasteiger partial charge is 0.410 e. The molecule has 2 N–H and O–H groups in total. The van der Waals surface area contributed by atoms with Gasteiger partial charge in [-0.15, -0.1) is 0 Å². The van der Waals surface area contributed by atoms with Gasteiger partial charge in [0.2, 0.25) is 0 Å². The Balaban J connectivity index is 2.52. The normalized spacial score (nSPS) is 11.7. The van der Waals surface area contributed by atoms with Crippen molar-refractivity contribution in [2.75, 3.05) is 13.7 Å². The van der Waals surface area contributed by atoms with E-state index in [1.54, 1.807) is 24.3 Å². The van der Waals surface area contributed by atoms with Crippen molar-refractivity contribution in [1.29, 1.82) is 0 Å². The van der Waals surface area contributed by atoms with Crippen molar-refractivity contribution < 1.29 is 24.5 Å². The molecule has 0 bridgehead atoms. The number of amides is 1. The molecule has 0 heterocycles. The fourth-order valence-corrected chi connectivity index (χ4v) is 1.31.